The molecule has 0 fully saturated rings. The van der Waals surface area contributed by atoms with E-state index in [0.29, 0.717) is 5.02 Å². The van der Waals surface area contributed by atoms with E-state index in [9.17, 15) is 0 Å². The van der Waals surface area contributed by atoms with Gasteiger partial charge in [0.1, 0.15) is 5.75 Å². The van der Waals surface area contributed by atoms with Gasteiger partial charge in [0, 0.05) is 22.5 Å². The molecule has 0 unspecified atom stereocenters. The van der Waals surface area contributed by atoms with Crippen molar-refractivity contribution in [3.8, 4) is 5.75 Å². The summed E-state index contributed by atoms with van der Waals surface area (Å²) in [5.41, 5.74) is 1.16. The number of rotatable bonds is 0. The zero-order chi connectivity index (χ0) is 7.84. The van der Waals surface area contributed by atoms with Gasteiger partial charge in [0.25, 0.3) is 0 Å². The predicted molar refractivity (Wildman–Crippen MR) is 47.2 cm³/mol. The molecule has 1 aromatic rings. The smallest absolute Gasteiger partial charge is 0.142 e. The Kier molecular flexibility index (Phi) is 1.81. The molecule has 0 atom stereocenters. The van der Waals surface area contributed by atoms with E-state index < -0.39 is 0 Å². The quantitative estimate of drug-likeness (QED) is 0.668. The molecule has 1 radical (unpaired) electrons. The molecule has 3 heteroatoms. The lowest BCUT2D eigenvalue weighted by Crippen LogP contribution is -1.86. The Balaban J connectivity index is 2.64. The summed E-state index contributed by atoms with van der Waals surface area (Å²) in [5, 5.41) is 0.584. The molecule has 0 aromatic heterocycles. The second-order valence-corrected chi connectivity index (χ2v) is 3.59. The van der Waals surface area contributed by atoms with E-state index in [1.165, 1.54) is 0 Å². The summed E-state index contributed by atoms with van der Waals surface area (Å²) in [6, 6.07) is 4.72. The largest absolute Gasteiger partial charge is 0.491 e. The maximum atomic E-state index is 5.84. The van der Waals surface area contributed by atoms with E-state index >= 15 is 0 Å². The minimum Gasteiger partial charge on any atom is -0.491 e. The Morgan fingerprint density at radius 1 is 1.64 bits per heavy atom. The highest BCUT2D eigenvalue weighted by Gasteiger charge is 2.17. The van der Waals surface area contributed by atoms with Gasteiger partial charge in [-0.15, -0.1) is 0 Å². The van der Waals surface area contributed by atoms with Crippen LogP contribution in [0.1, 0.15) is 5.56 Å². The van der Waals surface area contributed by atoms with E-state index in [2.05, 4.69) is 22.0 Å². The second kappa shape index (κ2) is 2.68. The summed E-state index contributed by atoms with van der Waals surface area (Å²) in [5.74, 6) is 0.793. The highest BCUT2D eigenvalue weighted by Crippen LogP contribution is 2.37. The summed E-state index contributed by atoms with van der Waals surface area (Å²) in [4.78, 5) is 0. The third kappa shape index (κ3) is 1.14. The molecular weight excluding hydrogens is 227 g/mol. The highest BCUT2D eigenvalue weighted by molar-refractivity contribution is 9.10. The Hall–Kier alpha value is -0.210. The zero-order valence-electron chi connectivity index (χ0n) is 5.66. The average Bonchev–Trinajstić information content (AvgIpc) is 2.45. The van der Waals surface area contributed by atoms with Crippen molar-refractivity contribution in [1.29, 1.82) is 0 Å². The van der Waals surface area contributed by atoms with E-state index in [1.807, 2.05) is 6.07 Å². The van der Waals surface area contributed by atoms with Gasteiger partial charge in [-0.1, -0.05) is 27.5 Å². The van der Waals surface area contributed by atoms with E-state index in [1.54, 1.807) is 0 Å². The molecule has 2 rings (SSSR count). The molecule has 1 aliphatic rings. The molecule has 0 N–H and O–H groups in total. The summed E-state index contributed by atoms with van der Waals surface area (Å²) in [7, 11) is 0. The highest BCUT2D eigenvalue weighted by atomic mass is 79.9. The SMILES string of the molecule is Clc1[c]cc(Br)c2c1OCC2. The minimum absolute atomic E-state index is 0.584. The lowest BCUT2D eigenvalue weighted by Gasteiger charge is -2.01. The van der Waals surface area contributed by atoms with Gasteiger partial charge >= 0.3 is 0 Å². The standard InChI is InChI=1S/C8H5BrClO/c9-6-1-2-7(10)8-5(6)3-4-11-8/h1H,3-4H2. The first kappa shape index (κ1) is 7.44. The van der Waals surface area contributed by atoms with Gasteiger partial charge < -0.3 is 4.74 Å². The molecule has 0 aliphatic carbocycles. The first-order valence-electron chi connectivity index (χ1n) is 3.30. The first-order chi connectivity index (χ1) is 5.29. The number of hydrogen-bond acceptors (Lipinski definition) is 1. The maximum Gasteiger partial charge on any atom is 0.142 e. The van der Waals surface area contributed by atoms with Gasteiger partial charge in [-0.05, 0) is 6.07 Å². The van der Waals surface area contributed by atoms with Crippen LogP contribution < -0.4 is 4.74 Å². The lowest BCUT2D eigenvalue weighted by molar-refractivity contribution is 0.357. The van der Waals surface area contributed by atoms with Gasteiger partial charge in [0.15, 0.2) is 0 Å². The topological polar surface area (TPSA) is 9.23 Å². The average molecular weight is 232 g/mol. The molecule has 11 heavy (non-hydrogen) atoms. The number of halogens is 2. The van der Waals surface area contributed by atoms with Crippen LogP contribution >= 0.6 is 27.5 Å². The van der Waals surface area contributed by atoms with Gasteiger partial charge in [0.2, 0.25) is 0 Å². The summed E-state index contributed by atoms with van der Waals surface area (Å²) in [6.07, 6.45) is 0.935. The third-order valence-electron chi connectivity index (χ3n) is 1.69. The van der Waals surface area contributed by atoms with Crippen LogP contribution in [0.15, 0.2) is 10.5 Å². The van der Waals surface area contributed by atoms with Crippen molar-refractivity contribution in [2.75, 3.05) is 6.61 Å². The van der Waals surface area contributed by atoms with E-state index in [0.717, 1.165) is 28.8 Å². The van der Waals surface area contributed by atoms with Gasteiger partial charge in [-0.25, -0.2) is 0 Å². The van der Waals surface area contributed by atoms with Gasteiger partial charge in [0.05, 0.1) is 11.6 Å². The molecule has 0 saturated carbocycles. The first-order valence-corrected chi connectivity index (χ1v) is 4.47. The molecule has 0 saturated heterocycles. The van der Waals surface area contributed by atoms with Crippen LogP contribution in [0.5, 0.6) is 5.75 Å². The van der Waals surface area contributed by atoms with Crippen molar-refractivity contribution < 1.29 is 4.74 Å². The molecule has 1 aromatic carbocycles. The molecule has 0 bridgehead atoms. The van der Waals surface area contributed by atoms with Crippen molar-refractivity contribution >= 4 is 27.5 Å². The fourth-order valence-corrected chi connectivity index (χ4v) is 1.87. The maximum absolute atomic E-state index is 5.84. The van der Waals surface area contributed by atoms with Crippen LogP contribution in [-0.4, -0.2) is 6.61 Å². The molecule has 0 spiro atoms. The van der Waals surface area contributed by atoms with Crippen LogP contribution in [0.25, 0.3) is 0 Å². The molecule has 1 nitrogen and oxygen atoms in total. The Labute approximate surface area is 78.4 Å². The normalized spacial score (nSPS) is 14.4. The predicted octanol–water partition coefficient (Wildman–Crippen LogP) is 2.84. The zero-order valence-corrected chi connectivity index (χ0v) is 8.00. The Morgan fingerprint density at radius 3 is 3.18 bits per heavy atom. The number of hydrogen-bond donors (Lipinski definition) is 0. The summed E-state index contributed by atoms with van der Waals surface area (Å²) < 4.78 is 6.35. The van der Waals surface area contributed by atoms with E-state index in [-0.39, 0.29) is 0 Å². The van der Waals surface area contributed by atoms with Crippen LogP contribution in [0.3, 0.4) is 0 Å². The van der Waals surface area contributed by atoms with E-state index in [4.69, 9.17) is 16.3 Å². The number of benzene rings is 1. The summed E-state index contributed by atoms with van der Waals surface area (Å²) in [6.45, 7) is 0.728. The molecule has 1 aliphatic heterocycles. The lowest BCUT2D eigenvalue weighted by atomic mass is 10.2. The van der Waals surface area contributed by atoms with Gasteiger partial charge in [-0.2, -0.15) is 0 Å². The van der Waals surface area contributed by atoms with Crippen molar-refractivity contribution in [2.24, 2.45) is 0 Å². The Bertz CT molecular complexity index is 269. The van der Waals surface area contributed by atoms with Crippen molar-refractivity contribution in [3.05, 3.63) is 27.2 Å². The van der Waals surface area contributed by atoms with Crippen molar-refractivity contribution in [2.45, 2.75) is 6.42 Å². The Morgan fingerprint density at radius 2 is 2.45 bits per heavy atom. The molecule has 0 amide bonds. The molecule has 57 valence electrons. The molecule has 1 heterocycles. The van der Waals surface area contributed by atoms with Crippen LogP contribution in [0, 0.1) is 6.07 Å². The van der Waals surface area contributed by atoms with Crippen molar-refractivity contribution in [1.82, 2.24) is 0 Å². The fourth-order valence-electron chi connectivity index (χ4n) is 1.16. The fraction of sp³-hybridized carbons (Fsp3) is 0.250. The van der Waals surface area contributed by atoms with Crippen LogP contribution in [0.4, 0.5) is 0 Å². The molecular formula is C8H5BrClO. The van der Waals surface area contributed by atoms with Crippen LogP contribution in [-0.2, 0) is 6.42 Å². The summed E-state index contributed by atoms with van der Waals surface area (Å²) >= 11 is 9.25. The van der Waals surface area contributed by atoms with Crippen LogP contribution in [0.2, 0.25) is 5.02 Å². The second-order valence-electron chi connectivity index (χ2n) is 2.36. The minimum atomic E-state index is 0.584. The third-order valence-corrected chi connectivity index (χ3v) is 2.67. The number of ether oxygens (including phenoxy) is 1. The number of fused-ring (bicyclic) bond motifs is 1. The van der Waals surface area contributed by atoms with Crippen molar-refractivity contribution in [3.63, 3.8) is 0 Å². The van der Waals surface area contributed by atoms with Gasteiger partial charge in [-0.3, -0.25) is 0 Å². The monoisotopic (exact) mass is 231 g/mol.